The summed E-state index contributed by atoms with van der Waals surface area (Å²) in [6.45, 7) is 0. The maximum absolute atomic E-state index is 12.5. The summed E-state index contributed by atoms with van der Waals surface area (Å²) < 4.78 is 1.26. The molecule has 7 nitrogen and oxygen atoms in total. The third-order valence-corrected chi connectivity index (χ3v) is 4.66. The Kier molecular flexibility index (Phi) is 5.21. The van der Waals surface area contributed by atoms with Gasteiger partial charge in [-0.2, -0.15) is 5.10 Å². The van der Waals surface area contributed by atoms with Gasteiger partial charge >= 0.3 is 0 Å². The van der Waals surface area contributed by atoms with Crippen LogP contribution >= 0.6 is 0 Å². The third-order valence-electron chi connectivity index (χ3n) is 4.66. The van der Waals surface area contributed by atoms with Gasteiger partial charge in [0.25, 0.3) is 11.8 Å². The minimum atomic E-state index is -0.451. The van der Waals surface area contributed by atoms with E-state index in [1.54, 1.807) is 7.05 Å². The molecule has 0 fully saturated rings. The van der Waals surface area contributed by atoms with Crippen molar-refractivity contribution in [2.45, 2.75) is 50.6 Å². The first-order valence-corrected chi connectivity index (χ1v) is 8.74. The first-order chi connectivity index (χ1) is 12.1. The zero-order chi connectivity index (χ0) is 17.8. The Bertz CT molecular complexity index is 720. The summed E-state index contributed by atoms with van der Waals surface area (Å²) in [4.78, 5) is 24.9. The lowest BCUT2D eigenvalue weighted by Crippen LogP contribution is -2.36. The van der Waals surface area contributed by atoms with Crippen molar-refractivity contribution in [3.63, 3.8) is 0 Å². The predicted molar refractivity (Wildman–Crippen MR) is 93.4 cm³/mol. The smallest absolute Gasteiger partial charge is 0.275 e. The van der Waals surface area contributed by atoms with Crippen LogP contribution in [0.25, 0.3) is 0 Å². The molecule has 2 amide bonds. The van der Waals surface area contributed by atoms with Crippen LogP contribution < -0.4 is 10.6 Å². The highest BCUT2D eigenvalue weighted by atomic mass is 16.3. The minimum absolute atomic E-state index is 0.0169. The van der Waals surface area contributed by atoms with E-state index >= 15 is 0 Å². The summed E-state index contributed by atoms with van der Waals surface area (Å²) >= 11 is 0. The fourth-order valence-corrected chi connectivity index (χ4v) is 3.28. The molecule has 0 saturated heterocycles. The molecule has 2 atom stereocenters. The lowest BCUT2D eigenvalue weighted by Gasteiger charge is -2.19. The Morgan fingerprint density at radius 3 is 2.12 bits per heavy atom. The van der Waals surface area contributed by atoms with E-state index in [2.05, 4.69) is 27.9 Å². The Morgan fingerprint density at radius 2 is 1.60 bits per heavy atom. The summed E-state index contributed by atoms with van der Waals surface area (Å²) in [6, 6.07) is 0.0725. The summed E-state index contributed by atoms with van der Waals surface area (Å²) in [5.41, 5.74) is -0.0889. The highest BCUT2D eigenvalue weighted by Gasteiger charge is 2.28. The van der Waals surface area contributed by atoms with Gasteiger partial charge in [-0.3, -0.25) is 14.3 Å². The fraction of sp³-hybridized carbons (Fsp3) is 0.500. The van der Waals surface area contributed by atoms with Crippen molar-refractivity contribution in [2.24, 2.45) is 7.05 Å². The number of aryl methyl sites for hydroxylation is 1. The van der Waals surface area contributed by atoms with Gasteiger partial charge in [0.1, 0.15) is 0 Å². The normalized spacial score (nSPS) is 22.6. The molecule has 2 unspecified atom stereocenters. The number of carbonyl (C=O) groups is 2. The Labute approximate surface area is 146 Å². The van der Waals surface area contributed by atoms with Crippen LogP contribution in [-0.2, 0) is 7.05 Å². The van der Waals surface area contributed by atoms with Crippen LogP contribution in [0.1, 0.15) is 59.5 Å². The standard InChI is InChI=1S/C18H24N4O3/c1-22-15(18(25)20-13-10-6-3-7-11-13)16(23)14(21-22)17(24)19-12-8-4-2-5-9-12/h2-4,6,12-13,23H,5,7-11H2,1H3,(H,19,24)(H,20,25). The van der Waals surface area contributed by atoms with E-state index in [0.29, 0.717) is 0 Å². The zero-order valence-electron chi connectivity index (χ0n) is 14.4. The SMILES string of the molecule is Cn1nc(C(=O)NC2CC=CCC2)c(O)c1C(=O)NC1CC=CCC1. The Balaban J connectivity index is 1.71. The van der Waals surface area contributed by atoms with Gasteiger partial charge in [0, 0.05) is 19.1 Å². The summed E-state index contributed by atoms with van der Waals surface area (Å²) in [6.07, 6.45) is 13.3. The number of allylic oxidation sites excluding steroid dienone is 2. The van der Waals surface area contributed by atoms with Crippen molar-refractivity contribution in [1.82, 2.24) is 20.4 Å². The van der Waals surface area contributed by atoms with Crippen molar-refractivity contribution in [3.05, 3.63) is 35.7 Å². The molecule has 0 radical (unpaired) electrons. The first kappa shape index (κ1) is 17.3. The monoisotopic (exact) mass is 344 g/mol. The van der Waals surface area contributed by atoms with Crippen LogP contribution in [0.2, 0.25) is 0 Å². The highest BCUT2D eigenvalue weighted by molar-refractivity contribution is 6.02. The highest BCUT2D eigenvalue weighted by Crippen LogP contribution is 2.23. The number of aromatic nitrogens is 2. The molecule has 0 bridgehead atoms. The van der Waals surface area contributed by atoms with Gasteiger partial charge in [-0.15, -0.1) is 0 Å². The number of rotatable bonds is 4. The summed E-state index contributed by atoms with van der Waals surface area (Å²) in [5, 5.41) is 20.2. The van der Waals surface area contributed by atoms with E-state index in [1.165, 1.54) is 4.68 Å². The van der Waals surface area contributed by atoms with Gasteiger partial charge in [0.2, 0.25) is 0 Å². The molecule has 1 heterocycles. The molecule has 7 heteroatoms. The first-order valence-electron chi connectivity index (χ1n) is 8.74. The van der Waals surface area contributed by atoms with Crippen LogP contribution in [0.5, 0.6) is 5.75 Å². The van der Waals surface area contributed by atoms with Gasteiger partial charge in [0.05, 0.1) is 0 Å². The van der Waals surface area contributed by atoms with Crippen molar-refractivity contribution in [1.29, 1.82) is 0 Å². The number of aromatic hydroxyl groups is 1. The van der Waals surface area contributed by atoms with E-state index in [-0.39, 0.29) is 29.2 Å². The lowest BCUT2D eigenvalue weighted by molar-refractivity contribution is 0.0919. The number of amides is 2. The average molecular weight is 344 g/mol. The van der Waals surface area contributed by atoms with Gasteiger partial charge < -0.3 is 15.7 Å². The van der Waals surface area contributed by atoms with Crippen molar-refractivity contribution in [3.8, 4) is 5.75 Å². The Morgan fingerprint density at radius 1 is 1.04 bits per heavy atom. The van der Waals surface area contributed by atoms with Gasteiger partial charge in [-0.1, -0.05) is 24.3 Å². The number of hydrogen-bond acceptors (Lipinski definition) is 4. The second-order valence-electron chi connectivity index (χ2n) is 6.58. The number of carbonyl (C=O) groups excluding carboxylic acids is 2. The van der Waals surface area contributed by atoms with Crippen LogP contribution in [-0.4, -0.2) is 38.8 Å². The van der Waals surface area contributed by atoms with E-state index in [0.717, 1.165) is 38.5 Å². The quantitative estimate of drug-likeness (QED) is 0.726. The number of hydrogen-bond donors (Lipinski definition) is 3. The molecular formula is C18H24N4O3. The Hall–Kier alpha value is -2.57. The maximum atomic E-state index is 12.5. The van der Waals surface area contributed by atoms with E-state index in [1.807, 2.05) is 12.2 Å². The molecule has 1 aromatic heterocycles. The molecule has 0 spiro atoms. The van der Waals surface area contributed by atoms with Gasteiger partial charge in [-0.25, -0.2) is 0 Å². The number of nitrogens with zero attached hydrogens (tertiary/aromatic N) is 2. The maximum Gasteiger partial charge on any atom is 0.275 e. The van der Waals surface area contributed by atoms with Crippen LogP contribution in [0, 0.1) is 0 Å². The minimum Gasteiger partial charge on any atom is -0.504 e. The number of nitrogens with one attached hydrogen (secondary N) is 2. The van der Waals surface area contributed by atoms with Gasteiger partial charge in [0.15, 0.2) is 17.1 Å². The molecule has 0 aliphatic heterocycles. The van der Waals surface area contributed by atoms with Crippen LogP contribution in [0.3, 0.4) is 0 Å². The summed E-state index contributed by atoms with van der Waals surface area (Å²) in [5.74, 6) is -1.23. The van der Waals surface area contributed by atoms with Crippen molar-refractivity contribution >= 4 is 11.8 Å². The van der Waals surface area contributed by atoms with Gasteiger partial charge in [-0.05, 0) is 38.5 Å². The predicted octanol–water partition coefficient (Wildman–Crippen LogP) is 1.80. The molecular weight excluding hydrogens is 320 g/mol. The zero-order valence-corrected chi connectivity index (χ0v) is 14.4. The van der Waals surface area contributed by atoms with E-state index in [4.69, 9.17) is 0 Å². The largest absolute Gasteiger partial charge is 0.504 e. The second kappa shape index (κ2) is 7.55. The molecule has 3 rings (SSSR count). The molecule has 1 aromatic rings. The second-order valence-corrected chi connectivity index (χ2v) is 6.58. The van der Waals surface area contributed by atoms with Crippen LogP contribution in [0.15, 0.2) is 24.3 Å². The fourth-order valence-electron chi connectivity index (χ4n) is 3.28. The average Bonchev–Trinajstić information content (AvgIpc) is 2.91. The molecule has 0 aromatic carbocycles. The molecule has 2 aliphatic rings. The molecule has 2 aliphatic carbocycles. The van der Waals surface area contributed by atoms with Crippen molar-refractivity contribution in [2.75, 3.05) is 0 Å². The molecule has 134 valence electrons. The van der Waals surface area contributed by atoms with Crippen LogP contribution in [0.4, 0.5) is 0 Å². The van der Waals surface area contributed by atoms with E-state index < -0.39 is 11.8 Å². The van der Waals surface area contributed by atoms with E-state index in [9.17, 15) is 14.7 Å². The molecule has 0 saturated carbocycles. The molecule has 25 heavy (non-hydrogen) atoms. The molecule has 3 N–H and O–H groups in total. The van der Waals surface area contributed by atoms with Crippen molar-refractivity contribution < 1.29 is 14.7 Å². The third kappa shape index (κ3) is 3.92. The topological polar surface area (TPSA) is 96.2 Å². The lowest BCUT2D eigenvalue weighted by atomic mass is 10.0. The summed E-state index contributed by atoms with van der Waals surface area (Å²) in [7, 11) is 1.55.